The molecule has 0 saturated carbocycles. The standard InChI is InChI=1S/C20H21N5O/c1-3-25-17-9-5-4-8-16(17)23-18(25)12-21-19(26)11-15-13-24-10-6-7-14(2)20(24)22-15/h4-10,13H,3,11-12H2,1-2H3,(H,21,26). The fraction of sp³-hybridized carbons (Fsp3) is 0.250. The monoisotopic (exact) mass is 347 g/mol. The number of carbonyl (C=O) groups is 1. The van der Waals surface area contributed by atoms with Gasteiger partial charge in [0, 0.05) is 18.9 Å². The number of imidazole rings is 2. The van der Waals surface area contributed by atoms with Crippen LogP contribution < -0.4 is 5.32 Å². The molecule has 6 heteroatoms. The van der Waals surface area contributed by atoms with E-state index in [1.165, 1.54) is 0 Å². The van der Waals surface area contributed by atoms with E-state index in [2.05, 4.69) is 32.8 Å². The highest BCUT2D eigenvalue weighted by atomic mass is 16.1. The number of amides is 1. The molecule has 0 fully saturated rings. The van der Waals surface area contributed by atoms with Crippen molar-refractivity contribution in [1.82, 2.24) is 24.3 Å². The third-order valence-electron chi connectivity index (χ3n) is 4.56. The Morgan fingerprint density at radius 3 is 2.81 bits per heavy atom. The Bertz CT molecular complexity index is 1090. The van der Waals surface area contributed by atoms with Crippen LogP contribution in [-0.4, -0.2) is 24.8 Å². The van der Waals surface area contributed by atoms with Crippen molar-refractivity contribution in [3.05, 3.63) is 65.9 Å². The van der Waals surface area contributed by atoms with E-state index in [1.54, 1.807) is 0 Å². The van der Waals surface area contributed by atoms with Gasteiger partial charge in [-0.2, -0.15) is 0 Å². The summed E-state index contributed by atoms with van der Waals surface area (Å²) >= 11 is 0. The molecule has 1 amide bonds. The largest absolute Gasteiger partial charge is 0.349 e. The molecule has 26 heavy (non-hydrogen) atoms. The number of hydrogen-bond acceptors (Lipinski definition) is 3. The highest BCUT2D eigenvalue weighted by Gasteiger charge is 2.12. The molecule has 3 aromatic heterocycles. The number of nitrogens with one attached hydrogen (secondary N) is 1. The van der Waals surface area contributed by atoms with Gasteiger partial charge in [-0.3, -0.25) is 4.79 Å². The Hall–Kier alpha value is -3.15. The summed E-state index contributed by atoms with van der Waals surface area (Å²) in [6, 6.07) is 12.0. The van der Waals surface area contributed by atoms with Crippen LogP contribution in [0.5, 0.6) is 0 Å². The maximum absolute atomic E-state index is 12.4. The molecular formula is C20H21N5O. The molecule has 0 atom stereocenters. The summed E-state index contributed by atoms with van der Waals surface area (Å²) in [7, 11) is 0. The van der Waals surface area contributed by atoms with Gasteiger partial charge in [0.05, 0.1) is 29.7 Å². The van der Waals surface area contributed by atoms with Gasteiger partial charge in [0.1, 0.15) is 11.5 Å². The van der Waals surface area contributed by atoms with Gasteiger partial charge in [0.2, 0.25) is 5.91 Å². The van der Waals surface area contributed by atoms with Crippen LogP contribution in [0.1, 0.15) is 24.0 Å². The molecule has 1 N–H and O–H groups in total. The fourth-order valence-electron chi connectivity index (χ4n) is 3.31. The van der Waals surface area contributed by atoms with Gasteiger partial charge in [-0.15, -0.1) is 0 Å². The van der Waals surface area contributed by atoms with Gasteiger partial charge in [0.25, 0.3) is 0 Å². The zero-order valence-corrected chi connectivity index (χ0v) is 14.9. The number of para-hydroxylation sites is 2. The molecule has 0 bridgehead atoms. The molecule has 4 aromatic rings. The molecule has 0 saturated heterocycles. The Morgan fingerprint density at radius 1 is 1.15 bits per heavy atom. The number of aryl methyl sites for hydroxylation is 2. The summed E-state index contributed by atoms with van der Waals surface area (Å²) in [6.45, 7) is 5.32. The molecule has 4 rings (SSSR count). The van der Waals surface area contributed by atoms with Crippen molar-refractivity contribution in [3.63, 3.8) is 0 Å². The SMILES string of the molecule is CCn1c(CNC(=O)Cc2cn3cccc(C)c3n2)nc2ccccc21. The lowest BCUT2D eigenvalue weighted by atomic mass is 10.3. The first-order chi connectivity index (χ1) is 12.7. The molecule has 0 aliphatic heterocycles. The van der Waals surface area contributed by atoms with E-state index in [4.69, 9.17) is 0 Å². The molecule has 1 aromatic carbocycles. The van der Waals surface area contributed by atoms with Gasteiger partial charge in [-0.1, -0.05) is 18.2 Å². The molecule has 0 radical (unpaired) electrons. The zero-order valence-electron chi connectivity index (χ0n) is 14.9. The van der Waals surface area contributed by atoms with Crippen molar-refractivity contribution in [2.45, 2.75) is 33.4 Å². The highest BCUT2D eigenvalue weighted by Crippen LogP contribution is 2.16. The first-order valence-corrected chi connectivity index (χ1v) is 8.79. The number of hydrogen-bond donors (Lipinski definition) is 1. The molecule has 0 aliphatic carbocycles. The van der Waals surface area contributed by atoms with E-state index in [0.29, 0.717) is 6.54 Å². The van der Waals surface area contributed by atoms with Crippen molar-refractivity contribution >= 4 is 22.6 Å². The van der Waals surface area contributed by atoms with Crippen LogP contribution in [0.2, 0.25) is 0 Å². The number of aromatic nitrogens is 4. The van der Waals surface area contributed by atoms with Crippen LogP contribution >= 0.6 is 0 Å². The summed E-state index contributed by atoms with van der Waals surface area (Å²) < 4.78 is 4.08. The lowest BCUT2D eigenvalue weighted by Gasteiger charge is -2.07. The second-order valence-corrected chi connectivity index (χ2v) is 6.37. The second-order valence-electron chi connectivity index (χ2n) is 6.37. The zero-order chi connectivity index (χ0) is 18.1. The molecule has 3 heterocycles. The lowest BCUT2D eigenvalue weighted by Crippen LogP contribution is -2.26. The number of carbonyl (C=O) groups excluding carboxylic acids is 1. The van der Waals surface area contributed by atoms with Crippen molar-refractivity contribution < 1.29 is 4.79 Å². The maximum Gasteiger partial charge on any atom is 0.226 e. The number of rotatable bonds is 5. The number of benzene rings is 1. The van der Waals surface area contributed by atoms with Crippen LogP contribution in [-0.2, 0) is 24.3 Å². The molecular weight excluding hydrogens is 326 g/mol. The van der Waals surface area contributed by atoms with Crippen LogP contribution in [0.25, 0.3) is 16.7 Å². The minimum absolute atomic E-state index is 0.0548. The average molecular weight is 347 g/mol. The van der Waals surface area contributed by atoms with E-state index >= 15 is 0 Å². The number of fused-ring (bicyclic) bond motifs is 2. The molecule has 6 nitrogen and oxygen atoms in total. The Labute approximate surface area is 151 Å². The Morgan fingerprint density at radius 2 is 2.00 bits per heavy atom. The topological polar surface area (TPSA) is 64.2 Å². The molecule has 0 aliphatic rings. The van der Waals surface area contributed by atoms with Crippen molar-refractivity contribution in [1.29, 1.82) is 0 Å². The van der Waals surface area contributed by atoms with E-state index in [0.717, 1.165) is 40.3 Å². The second kappa shape index (κ2) is 6.63. The summed E-state index contributed by atoms with van der Waals surface area (Å²) in [5, 5.41) is 2.97. The quantitative estimate of drug-likeness (QED) is 0.604. The van der Waals surface area contributed by atoms with Gasteiger partial charge >= 0.3 is 0 Å². The van der Waals surface area contributed by atoms with Crippen molar-refractivity contribution in [2.75, 3.05) is 0 Å². The third-order valence-corrected chi connectivity index (χ3v) is 4.56. The summed E-state index contributed by atoms with van der Waals surface area (Å²) in [4.78, 5) is 21.6. The molecule has 0 spiro atoms. The average Bonchev–Trinajstić information content (AvgIpc) is 3.21. The van der Waals surface area contributed by atoms with Crippen LogP contribution in [0, 0.1) is 6.92 Å². The number of nitrogens with zero attached hydrogens (tertiary/aromatic N) is 4. The van der Waals surface area contributed by atoms with Gasteiger partial charge < -0.3 is 14.3 Å². The first kappa shape index (κ1) is 16.3. The van der Waals surface area contributed by atoms with Crippen molar-refractivity contribution in [3.8, 4) is 0 Å². The van der Waals surface area contributed by atoms with E-state index in [1.807, 2.05) is 54.0 Å². The predicted octanol–water partition coefficient (Wildman–Crippen LogP) is 2.87. The first-order valence-electron chi connectivity index (χ1n) is 8.79. The minimum Gasteiger partial charge on any atom is -0.349 e. The van der Waals surface area contributed by atoms with Gasteiger partial charge in [0.15, 0.2) is 0 Å². The highest BCUT2D eigenvalue weighted by molar-refractivity contribution is 5.79. The maximum atomic E-state index is 12.4. The van der Waals surface area contributed by atoms with Gasteiger partial charge in [-0.25, -0.2) is 9.97 Å². The van der Waals surface area contributed by atoms with E-state index in [-0.39, 0.29) is 12.3 Å². The third kappa shape index (κ3) is 2.94. The summed E-state index contributed by atoms with van der Waals surface area (Å²) in [6.07, 6.45) is 4.11. The fourth-order valence-corrected chi connectivity index (χ4v) is 3.31. The molecule has 0 unspecified atom stereocenters. The number of pyridine rings is 1. The van der Waals surface area contributed by atoms with Crippen LogP contribution in [0.4, 0.5) is 0 Å². The smallest absolute Gasteiger partial charge is 0.226 e. The predicted molar refractivity (Wildman–Crippen MR) is 101 cm³/mol. The normalized spacial score (nSPS) is 11.3. The minimum atomic E-state index is -0.0548. The lowest BCUT2D eigenvalue weighted by molar-refractivity contribution is -0.120. The Kier molecular flexibility index (Phi) is 4.16. The van der Waals surface area contributed by atoms with Crippen LogP contribution in [0.15, 0.2) is 48.8 Å². The van der Waals surface area contributed by atoms with Gasteiger partial charge in [-0.05, 0) is 37.6 Å². The summed E-state index contributed by atoms with van der Waals surface area (Å²) in [5.41, 5.74) is 4.80. The van der Waals surface area contributed by atoms with E-state index < -0.39 is 0 Å². The Balaban J connectivity index is 1.47. The van der Waals surface area contributed by atoms with Crippen LogP contribution in [0.3, 0.4) is 0 Å². The van der Waals surface area contributed by atoms with E-state index in [9.17, 15) is 4.79 Å². The van der Waals surface area contributed by atoms with Crippen molar-refractivity contribution in [2.24, 2.45) is 0 Å². The molecule has 132 valence electrons. The summed E-state index contributed by atoms with van der Waals surface area (Å²) in [5.74, 6) is 0.814.